The summed E-state index contributed by atoms with van der Waals surface area (Å²) < 4.78 is 0. The summed E-state index contributed by atoms with van der Waals surface area (Å²) in [5, 5.41) is 18.9. The number of carbonyl (C=O) groups is 5. The lowest BCUT2D eigenvalue weighted by Gasteiger charge is -2.28. The number of fused-ring (bicyclic) bond motifs is 2. The average Bonchev–Trinajstić information content (AvgIpc) is 3.25. The second-order valence-electron chi connectivity index (χ2n) is 15.3. The molecule has 4 atom stereocenters. The third-order valence-corrected chi connectivity index (χ3v) is 10.9. The Hall–Kier alpha value is -6.18. The van der Waals surface area contributed by atoms with E-state index >= 15 is 0 Å². The minimum Gasteiger partial charge on any atom is -0.368 e. The molecular weight excluding hydrogens is 745 g/mol. The summed E-state index contributed by atoms with van der Waals surface area (Å²) in [6.07, 6.45) is 6.31. The van der Waals surface area contributed by atoms with Crippen LogP contribution in [0.15, 0.2) is 109 Å². The van der Waals surface area contributed by atoms with E-state index in [2.05, 4.69) is 31.6 Å². The van der Waals surface area contributed by atoms with Crippen molar-refractivity contribution in [1.82, 2.24) is 31.6 Å². The third-order valence-electron chi connectivity index (χ3n) is 10.9. The molecule has 1 aromatic heterocycles. The fourth-order valence-electron chi connectivity index (χ4n) is 7.55. The standard InChI is InChI=1S/C46H54N8O5/c47-20-6-5-11-38(42(48)55)51-44(57)39(27-30-16-21-49-22-17-30)53-46(59)41(29-32-13-15-34-8-2-4-10-37(34)26-32)54-45(58)40(52-43(56)35-18-23-50-24-19-35)28-31-12-14-33-7-1-3-9-36(33)25-31/h1-4,7-10,12-17,21-22,25-26,35,38-41,50H,5-6,11,18-20,23-24,27-29,47H2,(H2,48,55)(H,51,57)(H,52,56)(H,53,59)(H,54,58)/t38-,39-,40+,41+/m0/s1. The number of aromatic nitrogens is 1. The largest absolute Gasteiger partial charge is 0.368 e. The van der Waals surface area contributed by atoms with E-state index in [1.54, 1.807) is 24.5 Å². The van der Waals surface area contributed by atoms with E-state index in [1.807, 2.05) is 84.9 Å². The summed E-state index contributed by atoms with van der Waals surface area (Å²) in [6, 6.07) is 26.7. The van der Waals surface area contributed by atoms with Gasteiger partial charge in [0.05, 0.1) is 0 Å². The van der Waals surface area contributed by atoms with Crippen LogP contribution < -0.4 is 38.1 Å². The molecule has 0 radical (unpaired) electrons. The van der Waals surface area contributed by atoms with E-state index in [-0.39, 0.29) is 37.5 Å². The van der Waals surface area contributed by atoms with Crippen molar-refractivity contribution in [3.05, 3.63) is 126 Å². The smallest absolute Gasteiger partial charge is 0.243 e. The molecule has 1 aliphatic heterocycles. The minimum absolute atomic E-state index is 0.0713. The van der Waals surface area contributed by atoms with Crippen molar-refractivity contribution in [3.63, 3.8) is 0 Å². The van der Waals surface area contributed by atoms with Crippen LogP contribution in [0.5, 0.6) is 0 Å². The Balaban J connectivity index is 1.29. The summed E-state index contributed by atoms with van der Waals surface area (Å²) in [7, 11) is 0. The zero-order valence-electron chi connectivity index (χ0n) is 33.2. The van der Waals surface area contributed by atoms with Gasteiger partial charge in [-0.25, -0.2) is 0 Å². The second kappa shape index (κ2) is 21.0. The molecule has 0 aliphatic carbocycles. The van der Waals surface area contributed by atoms with Gasteiger partial charge in [0, 0.05) is 37.6 Å². The predicted octanol–water partition coefficient (Wildman–Crippen LogP) is 2.97. The van der Waals surface area contributed by atoms with Gasteiger partial charge in [0.1, 0.15) is 24.2 Å². The molecule has 1 saturated heterocycles. The number of carbonyl (C=O) groups excluding carboxylic acids is 5. The van der Waals surface area contributed by atoms with Crippen molar-refractivity contribution in [1.29, 1.82) is 0 Å². The number of unbranched alkanes of at least 4 members (excludes halogenated alkanes) is 1. The van der Waals surface area contributed by atoms with Crippen LogP contribution in [0, 0.1) is 5.92 Å². The van der Waals surface area contributed by atoms with E-state index in [4.69, 9.17) is 11.5 Å². The fraction of sp³-hybridized carbons (Fsp3) is 0.348. The number of benzene rings is 4. The maximum absolute atomic E-state index is 14.6. The first-order chi connectivity index (χ1) is 28.7. The maximum atomic E-state index is 14.6. The summed E-state index contributed by atoms with van der Waals surface area (Å²) >= 11 is 0. The summed E-state index contributed by atoms with van der Waals surface area (Å²) in [5.41, 5.74) is 13.7. The highest BCUT2D eigenvalue weighted by atomic mass is 16.2. The molecule has 0 spiro atoms. The molecule has 308 valence electrons. The van der Waals surface area contributed by atoms with Gasteiger partial charge in [-0.15, -0.1) is 0 Å². The first-order valence-corrected chi connectivity index (χ1v) is 20.4. The van der Waals surface area contributed by atoms with Crippen LogP contribution in [-0.4, -0.2) is 78.3 Å². The number of pyridine rings is 1. The Morgan fingerprint density at radius 3 is 1.58 bits per heavy atom. The van der Waals surface area contributed by atoms with Crippen LogP contribution in [0.2, 0.25) is 0 Å². The van der Waals surface area contributed by atoms with Gasteiger partial charge >= 0.3 is 0 Å². The fourth-order valence-corrected chi connectivity index (χ4v) is 7.55. The van der Waals surface area contributed by atoms with E-state index < -0.39 is 47.8 Å². The number of primary amides is 1. The molecule has 0 unspecified atom stereocenters. The van der Waals surface area contributed by atoms with Crippen LogP contribution in [0.3, 0.4) is 0 Å². The van der Waals surface area contributed by atoms with Crippen molar-refractivity contribution in [3.8, 4) is 0 Å². The van der Waals surface area contributed by atoms with Crippen molar-refractivity contribution in [2.24, 2.45) is 17.4 Å². The molecule has 59 heavy (non-hydrogen) atoms. The Labute approximate surface area is 344 Å². The highest BCUT2D eigenvalue weighted by Gasteiger charge is 2.33. The Morgan fingerprint density at radius 1 is 0.593 bits per heavy atom. The molecule has 13 heteroatoms. The van der Waals surface area contributed by atoms with Gasteiger partial charge in [-0.2, -0.15) is 0 Å². The summed E-state index contributed by atoms with van der Waals surface area (Å²) in [5.74, 6) is -2.93. The van der Waals surface area contributed by atoms with E-state index in [1.165, 1.54) is 0 Å². The second-order valence-corrected chi connectivity index (χ2v) is 15.3. The van der Waals surface area contributed by atoms with E-state index in [9.17, 15) is 24.0 Å². The Kier molecular flexibility index (Phi) is 15.1. The molecule has 5 amide bonds. The molecule has 1 aliphatic rings. The quantitative estimate of drug-likeness (QED) is 0.0617. The number of nitrogens with zero attached hydrogens (tertiary/aromatic N) is 1. The normalized spacial score (nSPS) is 15.1. The van der Waals surface area contributed by atoms with E-state index in [0.29, 0.717) is 50.9 Å². The zero-order valence-corrected chi connectivity index (χ0v) is 33.2. The lowest BCUT2D eigenvalue weighted by Crippen LogP contribution is -2.59. The van der Waals surface area contributed by atoms with Gasteiger partial charge in [-0.1, -0.05) is 84.9 Å². The van der Waals surface area contributed by atoms with Crippen molar-refractivity contribution >= 4 is 51.1 Å². The highest BCUT2D eigenvalue weighted by Crippen LogP contribution is 2.20. The number of nitrogens with two attached hydrogens (primary N) is 2. The third kappa shape index (κ3) is 12.2. The first-order valence-electron chi connectivity index (χ1n) is 20.4. The van der Waals surface area contributed by atoms with Gasteiger partial charge in [0.2, 0.25) is 29.5 Å². The Morgan fingerprint density at radius 2 is 1.07 bits per heavy atom. The van der Waals surface area contributed by atoms with Crippen LogP contribution in [0.1, 0.15) is 48.8 Å². The topological polar surface area (TPSA) is 210 Å². The van der Waals surface area contributed by atoms with Crippen molar-refractivity contribution in [2.45, 2.75) is 75.5 Å². The van der Waals surface area contributed by atoms with Crippen LogP contribution in [0.25, 0.3) is 21.5 Å². The van der Waals surface area contributed by atoms with Gasteiger partial charge in [-0.05, 0) is 102 Å². The molecule has 6 rings (SSSR count). The van der Waals surface area contributed by atoms with Crippen LogP contribution in [-0.2, 0) is 43.2 Å². The van der Waals surface area contributed by atoms with Crippen LogP contribution in [0.4, 0.5) is 0 Å². The van der Waals surface area contributed by atoms with Gasteiger partial charge in [-0.3, -0.25) is 29.0 Å². The molecule has 2 heterocycles. The number of rotatable bonds is 19. The molecule has 1 fully saturated rings. The number of hydrogen-bond donors (Lipinski definition) is 7. The van der Waals surface area contributed by atoms with E-state index in [0.717, 1.165) is 32.7 Å². The van der Waals surface area contributed by atoms with Gasteiger partial charge < -0.3 is 38.1 Å². The highest BCUT2D eigenvalue weighted by molar-refractivity contribution is 5.96. The molecule has 0 bridgehead atoms. The number of hydrogen-bond acceptors (Lipinski definition) is 8. The molecule has 5 aromatic rings. The zero-order chi connectivity index (χ0) is 41.6. The number of nitrogens with one attached hydrogen (secondary N) is 5. The minimum atomic E-state index is -1.16. The Bertz CT molecular complexity index is 2230. The van der Waals surface area contributed by atoms with Crippen LogP contribution >= 0.6 is 0 Å². The molecule has 4 aromatic carbocycles. The van der Waals surface area contributed by atoms with Gasteiger partial charge in [0.25, 0.3) is 0 Å². The van der Waals surface area contributed by atoms with Crippen molar-refractivity contribution < 1.29 is 24.0 Å². The summed E-state index contributed by atoms with van der Waals surface area (Å²) in [6.45, 7) is 1.83. The predicted molar refractivity (Wildman–Crippen MR) is 229 cm³/mol. The average molecular weight is 799 g/mol. The number of amides is 5. The lowest BCUT2D eigenvalue weighted by molar-refractivity contribution is -0.135. The maximum Gasteiger partial charge on any atom is 0.243 e. The van der Waals surface area contributed by atoms with Gasteiger partial charge in [0.15, 0.2) is 0 Å². The summed E-state index contributed by atoms with van der Waals surface area (Å²) in [4.78, 5) is 73.2. The monoisotopic (exact) mass is 798 g/mol. The van der Waals surface area contributed by atoms with Crippen molar-refractivity contribution in [2.75, 3.05) is 19.6 Å². The SMILES string of the molecule is NCCCC[C@H](NC(=O)[C@H](Cc1ccncc1)NC(=O)[C@@H](Cc1ccc2ccccc2c1)NC(=O)[C@@H](Cc1ccc2ccccc2c1)NC(=O)C1CCNCC1)C(N)=O. The molecule has 0 saturated carbocycles. The molecule has 9 N–H and O–H groups in total. The molecule has 13 nitrogen and oxygen atoms in total. The lowest BCUT2D eigenvalue weighted by atomic mass is 9.95. The first kappa shape index (κ1) is 42.4. The molecular formula is C46H54N8O5. The number of piperidine rings is 1.